The van der Waals surface area contributed by atoms with Crippen molar-refractivity contribution in [2.75, 3.05) is 13.1 Å². The van der Waals surface area contributed by atoms with Crippen molar-refractivity contribution in [2.45, 2.75) is 6.42 Å². The first kappa shape index (κ1) is 14.9. The Kier molecular flexibility index (Phi) is 4.68. The van der Waals surface area contributed by atoms with Crippen molar-refractivity contribution in [1.29, 1.82) is 0 Å². The number of carbonyl (C=O) groups excluding carboxylic acids is 2. The predicted molar refractivity (Wildman–Crippen MR) is 79.4 cm³/mol. The van der Waals surface area contributed by atoms with Crippen LogP contribution in [-0.2, 0) is 9.59 Å². The summed E-state index contributed by atoms with van der Waals surface area (Å²) < 4.78 is 0. The average molecular weight is 313 g/mol. The monoisotopic (exact) mass is 312 g/mol. The van der Waals surface area contributed by atoms with Gasteiger partial charge in [0.2, 0.25) is 11.8 Å². The SMILES string of the molecule is NC(=O)[C@@H]1CCN(C(=O)/C=C\c2c(Cl)cccc2Cl)C1. The fraction of sp³-hybridized carbons (Fsp3) is 0.286. The summed E-state index contributed by atoms with van der Waals surface area (Å²) in [6, 6.07) is 5.15. The number of nitrogens with two attached hydrogens (primary N) is 1. The molecule has 1 saturated heterocycles. The Bertz CT molecular complexity index is 552. The summed E-state index contributed by atoms with van der Waals surface area (Å²) >= 11 is 12.0. The van der Waals surface area contributed by atoms with Gasteiger partial charge in [0.05, 0.1) is 5.92 Å². The first-order valence-electron chi connectivity index (χ1n) is 6.19. The van der Waals surface area contributed by atoms with Crippen molar-refractivity contribution in [1.82, 2.24) is 4.90 Å². The summed E-state index contributed by atoms with van der Waals surface area (Å²) in [5.41, 5.74) is 5.84. The maximum Gasteiger partial charge on any atom is 0.246 e. The fourth-order valence-corrected chi connectivity index (χ4v) is 2.65. The number of rotatable bonds is 3. The Labute approximate surface area is 127 Å². The first-order chi connectivity index (χ1) is 9.49. The summed E-state index contributed by atoms with van der Waals surface area (Å²) in [4.78, 5) is 24.7. The van der Waals surface area contributed by atoms with Gasteiger partial charge in [-0.1, -0.05) is 29.3 Å². The molecule has 0 unspecified atom stereocenters. The highest BCUT2D eigenvalue weighted by Crippen LogP contribution is 2.25. The van der Waals surface area contributed by atoms with Gasteiger partial charge in [-0.25, -0.2) is 0 Å². The van der Waals surface area contributed by atoms with Gasteiger partial charge in [-0.05, 0) is 24.6 Å². The third-order valence-electron chi connectivity index (χ3n) is 3.29. The van der Waals surface area contributed by atoms with Crippen LogP contribution in [0.4, 0.5) is 0 Å². The van der Waals surface area contributed by atoms with E-state index in [-0.39, 0.29) is 17.7 Å². The van der Waals surface area contributed by atoms with E-state index in [4.69, 9.17) is 28.9 Å². The molecule has 0 aromatic heterocycles. The van der Waals surface area contributed by atoms with Gasteiger partial charge in [-0.2, -0.15) is 0 Å². The van der Waals surface area contributed by atoms with Crippen molar-refractivity contribution in [2.24, 2.45) is 11.7 Å². The van der Waals surface area contributed by atoms with E-state index in [1.165, 1.54) is 6.08 Å². The van der Waals surface area contributed by atoms with Crippen LogP contribution in [0, 0.1) is 5.92 Å². The van der Waals surface area contributed by atoms with Crippen molar-refractivity contribution >= 4 is 41.1 Å². The second kappa shape index (κ2) is 6.29. The molecule has 1 aromatic rings. The average Bonchev–Trinajstić information content (AvgIpc) is 2.87. The van der Waals surface area contributed by atoms with E-state index in [1.54, 1.807) is 29.2 Å². The highest BCUT2D eigenvalue weighted by molar-refractivity contribution is 6.37. The van der Waals surface area contributed by atoms with Crippen LogP contribution in [0.2, 0.25) is 10.0 Å². The third kappa shape index (κ3) is 3.32. The summed E-state index contributed by atoms with van der Waals surface area (Å²) in [6.45, 7) is 0.905. The quantitative estimate of drug-likeness (QED) is 0.871. The van der Waals surface area contributed by atoms with Crippen LogP contribution >= 0.6 is 23.2 Å². The molecule has 2 amide bonds. The van der Waals surface area contributed by atoms with E-state index in [0.29, 0.717) is 35.1 Å². The van der Waals surface area contributed by atoms with Crippen LogP contribution in [0.25, 0.3) is 6.08 Å². The minimum Gasteiger partial charge on any atom is -0.369 e. The van der Waals surface area contributed by atoms with Gasteiger partial charge in [0.1, 0.15) is 0 Å². The number of amides is 2. The number of halogens is 2. The van der Waals surface area contributed by atoms with E-state index < -0.39 is 0 Å². The zero-order chi connectivity index (χ0) is 14.7. The Morgan fingerprint density at radius 1 is 1.30 bits per heavy atom. The zero-order valence-electron chi connectivity index (χ0n) is 10.7. The molecule has 0 bridgehead atoms. The molecule has 1 aromatic carbocycles. The lowest BCUT2D eigenvalue weighted by Gasteiger charge is -2.13. The molecule has 1 heterocycles. The summed E-state index contributed by atoms with van der Waals surface area (Å²) in [6.07, 6.45) is 3.61. The molecule has 1 fully saturated rings. The van der Waals surface area contributed by atoms with Crippen LogP contribution < -0.4 is 5.73 Å². The number of primary amides is 1. The number of benzene rings is 1. The smallest absolute Gasteiger partial charge is 0.246 e. The van der Waals surface area contributed by atoms with E-state index >= 15 is 0 Å². The predicted octanol–water partition coefficient (Wildman–Crippen LogP) is 2.34. The van der Waals surface area contributed by atoms with E-state index in [0.717, 1.165) is 0 Å². The van der Waals surface area contributed by atoms with E-state index in [1.807, 2.05) is 0 Å². The van der Waals surface area contributed by atoms with Crippen LogP contribution in [-0.4, -0.2) is 29.8 Å². The fourth-order valence-electron chi connectivity index (χ4n) is 2.12. The molecule has 0 spiro atoms. The Hall–Kier alpha value is -1.52. The highest BCUT2D eigenvalue weighted by atomic mass is 35.5. The molecule has 2 rings (SSSR count). The van der Waals surface area contributed by atoms with Crippen LogP contribution in [0.15, 0.2) is 24.3 Å². The molecule has 0 radical (unpaired) electrons. The van der Waals surface area contributed by atoms with Crippen molar-refractivity contribution in [3.05, 3.63) is 39.9 Å². The molecule has 106 valence electrons. The van der Waals surface area contributed by atoms with Crippen LogP contribution in [0.3, 0.4) is 0 Å². The van der Waals surface area contributed by atoms with Crippen LogP contribution in [0.1, 0.15) is 12.0 Å². The van der Waals surface area contributed by atoms with Gasteiger partial charge in [-0.15, -0.1) is 0 Å². The normalized spacial score (nSPS) is 18.7. The topological polar surface area (TPSA) is 63.4 Å². The molecule has 20 heavy (non-hydrogen) atoms. The summed E-state index contributed by atoms with van der Waals surface area (Å²) in [7, 11) is 0. The van der Waals surface area contributed by atoms with Gasteiger partial charge in [0.15, 0.2) is 0 Å². The molecule has 1 atom stereocenters. The molecule has 4 nitrogen and oxygen atoms in total. The molecule has 0 saturated carbocycles. The second-order valence-electron chi connectivity index (χ2n) is 4.64. The molecule has 6 heteroatoms. The number of hydrogen-bond acceptors (Lipinski definition) is 2. The first-order valence-corrected chi connectivity index (χ1v) is 6.95. The zero-order valence-corrected chi connectivity index (χ0v) is 12.2. The Morgan fingerprint density at radius 3 is 2.50 bits per heavy atom. The van der Waals surface area contributed by atoms with Gasteiger partial charge < -0.3 is 10.6 Å². The van der Waals surface area contributed by atoms with E-state index in [2.05, 4.69) is 0 Å². The van der Waals surface area contributed by atoms with Gasteiger partial charge in [0.25, 0.3) is 0 Å². The maximum atomic E-state index is 12.0. The lowest BCUT2D eigenvalue weighted by atomic mass is 10.1. The van der Waals surface area contributed by atoms with Gasteiger partial charge in [-0.3, -0.25) is 9.59 Å². The molecule has 0 aliphatic carbocycles. The lowest BCUT2D eigenvalue weighted by Crippen LogP contribution is -2.30. The highest BCUT2D eigenvalue weighted by Gasteiger charge is 2.28. The molecular formula is C14H14Cl2N2O2. The number of hydrogen-bond donors (Lipinski definition) is 1. The third-order valence-corrected chi connectivity index (χ3v) is 3.95. The van der Waals surface area contributed by atoms with Gasteiger partial charge in [0, 0.05) is 34.8 Å². The summed E-state index contributed by atoms with van der Waals surface area (Å²) in [5, 5.41) is 0.968. The van der Waals surface area contributed by atoms with Crippen molar-refractivity contribution in [3.8, 4) is 0 Å². The molecule has 2 N–H and O–H groups in total. The maximum absolute atomic E-state index is 12.0. The molecule has 1 aliphatic heterocycles. The van der Waals surface area contributed by atoms with Crippen LogP contribution in [0.5, 0.6) is 0 Å². The Balaban J connectivity index is 2.05. The number of likely N-dealkylation sites (tertiary alicyclic amines) is 1. The van der Waals surface area contributed by atoms with Crippen molar-refractivity contribution < 1.29 is 9.59 Å². The second-order valence-corrected chi connectivity index (χ2v) is 5.46. The van der Waals surface area contributed by atoms with E-state index in [9.17, 15) is 9.59 Å². The minimum absolute atomic E-state index is 0.176. The molecule has 1 aliphatic rings. The van der Waals surface area contributed by atoms with Crippen molar-refractivity contribution in [3.63, 3.8) is 0 Å². The largest absolute Gasteiger partial charge is 0.369 e. The standard InChI is InChI=1S/C14H14Cl2N2O2/c15-11-2-1-3-12(16)10(11)4-5-13(19)18-7-6-9(8-18)14(17)20/h1-5,9H,6-8H2,(H2,17,20)/b5-4-/t9-/m1/s1. The summed E-state index contributed by atoms with van der Waals surface area (Å²) in [5.74, 6) is -0.792. The number of nitrogens with zero attached hydrogens (tertiary/aromatic N) is 1. The van der Waals surface area contributed by atoms with Gasteiger partial charge >= 0.3 is 0 Å². The molecular weight excluding hydrogens is 299 g/mol. The Morgan fingerprint density at radius 2 is 1.95 bits per heavy atom. The number of carbonyl (C=O) groups is 2. The lowest BCUT2D eigenvalue weighted by molar-refractivity contribution is -0.125. The minimum atomic E-state index is -0.363.